The molecule has 0 nitrogen and oxygen atoms in total. The average molecular weight is 359 g/mol. The SMILES string of the molecule is CCCCC=CC1CCC(C2CC=C(c3cc(F)cc(F)c3)CC2)CC1. The van der Waals surface area contributed by atoms with Gasteiger partial charge in [-0.25, -0.2) is 8.78 Å². The third-order valence-corrected chi connectivity index (χ3v) is 6.30. The molecule has 0 aromatic heterocycles. The lowest BCUT2D eigenvalue weighted by molar-refractivity contribution is 0.212. The molecule has 0 aliphatic heterocycles. The van der Waals surface area contributed by atoms with Crippen molar-refractivity contribution in [2.45, 2.75) is 71.1 Å². The zero-order chi connectivity index (χ0) is 18.4. The fourth-order valence-electron chi connectivity index (χ4n) is 4.70. The highest BCUT2D eigenvalue weighted by Crippen LogP contribution is 2.41. The van der Waals surface area contributed by atoms with Crippen LogP contribution in [-0.2, 0) is 0 Å². The molecule has 2 aliphatic carbocycles. The number of hydrogen-bond donors (Lipinski definition) is 0. The molecule has 0 radical (unpaired) electrons. The van der Waals surface area contributed by atoms with Gasteiger partial charge in [0.05, 0.1) is 0 Å². The molecule has 0 spiro atoms. The van der Waals surface area contributed by atoms with Crippen LogP contribution in [0.2, 0.25) is 0 Å². The minimum Gasteiger partial charge on any atom is -0.207 e. The first-order chi connectivity index (χ1) is 12.7. The summed E-state index contributed by atoms with van der Waals surface area (Å²) >= 11 is 0. The minimum atomic E-state index is -0.478. The molecule has 0 N–H and O–H groups in total. The smallest absolute Gasteiger partial charge is 0.126 e. The van der Waals surface area contributed by atoms with Crippen LogP contribution in [0.4, 0.5) is 8.78 Å². The molecule has 0 amide bonds. The Morgan fingerprint density at radius 3 is 2.31 bits per heavy atom. The van der Waals surface area contributed by atoms with E-state index in [9.17, 15) is 8.78 Å². The predicted octanol–water partition coefficient (Wildman–Crippen LogP) is 7.70. The highest BCUT2D eigenvalue weighted by Gasteiger charge is 2.28. The Hall–Kier alpha value is -1.44. The zero-order valence-electron chi connectivity index (χ0n) is 16.0. The molecule has 2 aliphatic rings. The maximum atomic E-state index is 13.4. The van der Waals surface area contributed by atoms with Gasteiger partial charge in [0.15, 0.2) is 0 Å². The largest absolute Gasteiger partial charge is 0.207 e. The second kappa shape index (κ2) is 9.48. The van der Waals surface area contributed by atoms with E-state index in [-0.39, 0.29) is 0 Å². The van der Waals surface area contributed by atoms with Crippen LogP contribution in [0.15, 0.2) is 36.4 Å². The van der Waals surface area contributed by atoms with Gasteiger partial charge in [-0.1, -0.05) is 38.0 Å². The number of unbranched alkanes of at least 4 members (excludes halogenated alkanes) is 2. The van der Waals surface area contributed by atoms with E-state index in [0.29, 0.717) is 0 Å². The van der Waals surface area contributed by atoms with Crippen molar-refractivity contribution in [1.29, 1.82) is 0 Å². The van der Waals surface area contributed by atoms with Crippen molar-refractivity contribution in [3.05, 3.63) is 53.6 Å². The molecule has 1 aromatic carbocycles. The average Bonchev–Trinajstić information content (AvgIpc) is 2.65. The summed E-state index contributed by atoms with van der Waals surface area (Å²) in [5, 5.41) is 0. The molecule has 1 unspecified atom stereocenters. The van der Waals surface area contributed by atoms with E-state index >= 15 is 0 Å². The quantitative estimate of drug-likeness (QED) is 0.361. The maximum absolute atomic E-state index is 13.4. The topological polar surface area (TPSA) is 0 Å². The highest BCUT2D eigenvalue weighted by atomic mass is 19.1. The summed E-state index contributed by atoms with van der Waals surface area (Å²) in [6.07, 6.45) is 19.4. The molecule has 0 heterocycles. The maximum Gasteiger partial charge on any atom is 0.126 e. The standard InChI is InChI=1S/C24H32F2/c1-2-3-4-5-6-18-7-9-19(10-8-18)20-11-13-21(14-12-20)22-15-23(25)17-24(26)16-22/h5-6,13,15-20H,2-4,7-12,14H2,1H3. The lowest BCUT2D eigenvalue weighted by atomic mass is 9.71. The summed E-state index contributed by atoms with van der Waals surface area (Å²) < 4.78 is 26.9. The van der Waals surface area contributed by atoms with Crippen LogP contribution in [0.1, 0.15) is 76.7 Å². The second-order valence-electron chi connectivity index (χ2n) is 8.17. The van der Waals surface area contributed by atoms with E-state index in [2.05, 4.69) is 25.2 Å². The molecule has 1 aromatic rings. The monoisotopic (exact) mass is 358 g/mol. The summed E-state index contributed by atoms with van der Waals surface area (Å²) in [5.41, 5.74) is 1.84. The van der Waals surface area contributed by atoms with E-state index in [0.717, 1.165) is 54.2 Å². The molecule has 142 valence electrons. The van der Waals surface area contributed by atoms with Crippen LogP contribution in [0, 0.1) is 29.4 Å². The van der Waals surface area contributed by atoms with E-state index < -0.39 is 11.6 Å². The summed E-state index contributed by atoms with van der Waals surface area (Å²) in [7, 11) is 0. The van der Waals surface area contributed by atoms with Gasteiger partial charge in [-0.2, -0.15) is 0 Å². The first-order valence-corrected chi connectivity index (χ1v) is 10.5. The van der Waals surface area contributed by atoms with Crippen molar-refractivity contribution in [1.82, 2.24) is 0 Å². The van der Waals surface area contributed by atoms with Gasteiger partial charge < -0.3 is 0 Å². The van der Waals surface area contributed by atoms with Gasteiger partial charge in [-0.3, -0.25) is 0 Å². The van der Waals surface area contributed by atoms with E-state index in [4.69, 9.17) is 0 Å². The zero-order valence-corrected chi connectivity index (χ0v) is 16.0. The Bertz CT molecular complexity index is 615. The Labute approximate surface area is 157 Å². The van der Waals surface area contributed by atoms with Crippen molar-refractivity contribution < 1.29 is 8.78 Å². The third kappa shape index (κ3) is 5.28. The molecular formula is C24H32F2. The van der Waals surface area contributed by atoms with E-state index in [1.807, 2.05) is 0 Å². The van der Waals surface area contributed by atoms with E-state index in [1.54, 1.807) is 0 Å². The number of hydrogen-bond acceptors (Lipinski definition) is 0. The normalized spacial score (nSPS) is 26.9. The van der Waals surface area contributed by atoms with Gasteiger partial charge in [-0.05, 0) is 92.4 Å². The van der Waals surface area contributed by atoms with Crippen molar-refractivity contribution in [2.24, 2.45) is 17.8 Å². The second-order valence-corrected chi connectivity index (χ2v) is 8.17. The fraction of sp³-hybridized carbons (Fsp3) is 0.583. The summed E-state index contributed by atoms with van der Waals surface area (Å²) in [4.78, 5) is 0. The molecule has 3 rings (SSSR count). The van der Waals surface area contributed by atoms with Crippen molar-refractivity contribution in [3.63, 3.8) is 0 Å². The number of benzene rings is 1. The molecule has 26 heavy (non-hydrogen) atoms. The fourth-order valence-corrected chi connectivity index (χ4v) is 4.70. The first kappa shape index (κ1) is 19.3. The molecular weight excluding hydrogens is 326 g/mol. The number of rotatable bonds is 6. The molecule has 0 bridgehead atoms. The van der Waals surface area contributed by atoms with Gasteiger partial charge >= 0.3 is 0 Å². The summed E-state index contributed by atoms with van der Waals surface area (Å²) in [6.45, 7) is 2.24. The van der Waals surface area contributed by atoms with Crippen LogP contribution in [0.3, 0.4) is 0 Å². The number of halogens is 2. The van der Waals surface area contributed by atoms with Gasteiger partial charge in [-0.15, -0.1) is 0 Å². The Kier molecular flexibility index (Phi) is 7.05. The van der Waals surface area contributed by atoms with Crippen molar-refractivity contribution >= 4 is 5.57 Å². The van der Waals surface area contributed by atoms with Gasteiger partial charge in [0.2, 0.25) is 0 Å². The summed E-state index contributed by atoms with van der Waals surface area (Å²) in [5.74, 6) is 1.41. The van der Waals surface area contributed by atoms with Crippen molar-refractivity contribution in [2.75, 3.05) is 0 Å². The predicted molar refractivity (Wildman–Crippen MR) is 106 cm³/mol. The van der Waals surface area contributed by atoms with Gasteiger partial charge in [0.25, 0.3) is 0 Å². The molecule has 1 saturated carbocycles. The van der Waals surface area contributed by atoms with Crippen LogP contribution in [0.5, 0.6) is 0 Å². The van der Waals surface area contributed by atoms with Crippen LogP contribution in [0.25, 0.3) is 5.57 Å². The lowest BCUT2D eigenvalue weighted by Gasteiger charge is -2.35. The summed E-state index contributed by atoms with van der Waals surface area (Å²) in [6, 6.07) is 3.88. The van der Waals surface area contributed by atoms with Gasteiger partial charge in [0.1, 0.15) is 11.6 Å². The Morgan fingerprint density at radius 1 is 0.962 bits per heavy atom. The third-order valence-electron chi connectivity index (χ3n) is 6.30. The molecule has 1 fully saturated rings. The van der Waals surface area contributed by atoms with Crippen molar-refractivity contribution in [3.8, 4) is 0 Å². The minimum absolute atomic E-state index is 0.478. The first-order valence-electron chi connectivity index (χ1n) is 10.5. The van der Waals surface area contributed by atoms with Crippen LogP contribution >= 0.6 is 0 Å². The van der Waals surface area contributed by atoms with E-state index in [1.165, 1.54) is 57.1 Å². The number of allylic oxidation sites excluding steroid dienone is 4. The highest BCUT2D eigenvalue weighted by molar-refractivity contribution is 5.66. The van der Waals surface area contributed by atoms with Crippen LogP contribution < -0.4 is 0 Å². The Morgan fingerprint density at radius 2 is 1.69 bits per heavy atom. The lowest BCUT2D eigenvalue weighted by Crippen LogP contribution is -2.22. The molecule has 2 heteroatoms. The molecule has 1 atom stereocenters. The van der Waals surface area contributed by atoms with Gasteiger partial charge in [0, 0.05) is 6.07 Å². The molecule has 0 saturated heterocycles. The van der Waals surface area contributed by atoms with Crippen LogP contribution in [-0.4, -0.2) is 0 Å². The Balaban J connectivity index is 1.49.